The summed E-state index contributed by atoms with van der Waals surface area (Å²) < 4.78 is 5.71. The summed E-state index contributed by atoms with van der Waals surface area (Å²) >= 11 is 0. The molecule has 0 amide bonds. The van der Waals surface area contributed by atoms with Gasteiger partial charge < -0.3 is 10.1 Å². The molecule has 0 bridgehead atoms. The first-order valence-corrected chi connectivity index (χ1v) is 7.50. The predicted molar refractivity (Wildman–Crippen MR) is 78.0 cm³/mol. The van der Waals surface area contributed by atoms with Crippen LogP contribution in [-0.4, -0.2) is 49.3 Å². The van der Waals surface area contributed by atoms with E-state index < -0.39 is 0 Å². The van der Waals surface area contributed by atoms with Crippen LogP contribution in [0.5, 0.6) is 0 Å². The van der Waals surface area contributed by atoms with E-state index in [1.807, 2.05) is 14.0 Å². The normalized spacial score (nSPS) is 27.7. The number of hydrogen-bond donors (Lipinski definition) is 1. The smallest absolute Gasteiger partial charge is 0.103 e. The first-order valence-electron chi connectivity index (χ1n) is 7.50. The molecule has 0 aromatic carbocycles. The molecule has 0 aliphatic carbocycles. The number of unbranched alkanes of at least 4 members (excludes halogenated alkanes) is 1. The quantitative estimate of drug-likeness (QED) is 0.718. The van der Waals surface area contributed by atoms with Crippen LogP contribution < -0.4 is 5.32 Å². The number of nitrogens with zero attached hydrogens (tertiary/aromatic N) is 2. The molecule has 0 aromatic rings. The number of hydrogen-bond acceptors (Lipinski definition) is 4. The van der Waals surface area contributed by atoms with E-state index in [1.165, 1.54) is 0 Å². The van der Waals surface area contributed by atoms with Crippen molar-refractivity contribution in [3.8, 4) is 6.07 Å². The van der Waals surface area contributed by atoms with Gasteiger partial charge >= 0.3 is 0 Å². The molecule has 3 unspecified atom stereocenters. The largest absolute Gasteiger partial charge is 0.376 e. The summed E-state index contributed by atoms with van der Waals surface area (Å²) in [5, 5.41) is 12.2. The van der Waals surface area contributed by atoms with Gasteiger partial charge in [0.05, 0.1) is 18.8 Å². The highest BCUT2D eigenvalue weighted by molar-refractivity contribution is 5.02. The average Bonchev–Trinajstić information content (AvgIpc) is 2.43. The van der Waals surface area contributed by atoms with Crippen LogP contribution in [0, 0.1) is 11.3 Å². The lowest BCUT2D eigenvalue weighted by molar-refractivity contribution is -0.0561. The van der Waals surface area contributed by atoms with Gasteiger partial charge in [0.15, 0.2) is 0 Å². The third-order valence-electron chi connectivity index (χ3n) is 4.22. The molecule has 110 valence electrons. The predicted octanol–water partition coefficient (Wildman–Crippen LogP) is 2.16. The molecule has 4 nitrogen and oxygen atoms in total. The lowest BCUT2D eigenvalue weighted by atomic mass is 9.96. The van der Waals surface area contributed by atoms with E-state index in [0.717, 1.165) is 45.4 Å². The summed E-state index contributed by atoms with van der Waals surface area (Å²) in [5.41, 5.74) is -0.373. The summed E-state index contributed by atoms with van der Waals surface area (Å²) in [6.45, 7) is 9.37. The third-order valence-corrected chi connectivity index (χ3v) is 4.22. The zero-order valence-corrected chi connectivity index (χ0v) is 12.9. The molecule has 1 saturated heterocycles. The molecule has 4 heteroatoms. The van der Waals surface area contributed by atoms with E-state index in [-0.39, 0.29) is 5.54 Å². The fourth-order valence-corrected chi connectivity index (χ4v) is 2.59. The minimum Gasteiger partial charge on any atom is -0.376 e. The van der Waals surface area contributed by atoms with E-state index in [0.29, 0.717) is 12.1 Å². The molecular weight excluding hydrogens is 238 g/mol. The molecule has 1 aliphatic rings. The SMILES string of the molecule is CCC1COC(C)CN1CCCCC(C)(C#N)NC. The Labute approximate surface area is 118 Å². The van der Waals surface area contributed by atoms with Gasteiger partial charge in [0, 0.05) is 12.6 Å². The highest BCUT2D eigenvalue weighted by Gasteiger charge is 2.25. The van der Waals surface area contributed by atoms with Crippen molar-refractivity contribution in [1.29, 1.82) is 5.26 Å². The highest BCUT2D eigenvalue weighted by Crippen LogP contribution is 2.17. The number of ether oxygens (including phenoxy) is 1. The van der Waals surface area contributed by atoms with Gasteiger partial charge in [0.25, 0.3) is 0 Å². The second-order valence-electron chi connectivity index (χ2n) is 5.85. The van der Waals surface area contributed by atoms with Gasteiger partial charge in [-0.1, -0.05) is 6.92 Å². The molecule has 0 saturated carbocycles. The van der Waals surface area contributed by atoms with E-state index in [2.05, 4.69) is 30.1 Å². The van der Waals surface area contributed by atoms with E-state index >= 15 is 0 Å². The minimum absolute atomic E-state index is 0.351. The Morgan fingerprint density at radius 1 is 1.47 bits per heavy atom. The Hall–Kier alpha value is -0.630. The van der Waals surface area contributed by atoms with Gasteiger partial charge in [-0.25, -0.2) is 0 Å². The topological polar surface area (TPSA) is 48.3 Å². The molecule has 0 radical (unpaired) electrons. The Morgan fingerprint density at radius 2 is 2.21 bits per heavy atom. The maximum atomic E-state index is 9.11. The van der Waals surface area contributed by atoms with Crippen molar-refractivity contribution in [1.82, 2.24) is 10.2 Å². The first kappa shape index (κ1) is 16.4. The Morgan fingerprint density at radius 3 is 2.79 bits per heavy atom. The lowest BCUT2D eigenvalue weighted by Crippen LogP contribution is -2.48. The van der Waals surface area contributed by atoms with E-state index in [9.17, 15) is 0 Å². The van der Waals surface area contributed by atoms with Crippen LogP contribution in [-0.2, 0) is 4.74 Å². The van der Waals surface area contributed by atoms with Crippen LogP contribution >= 0.6 is 0 Å². The van der Waals surface area contributed by atoms with Gasteiger partial charge in [-0.15, -0.1) is 0 Å². The molecule has 1 aliphatic heterocycles. The van der Waals surface area contributed by atoms with Crippen LogP contribution in [0.15, 0.2) is 0 Å². The number of morpholine rings is 1. The van der Waals surface area contributed by atoms with Crippen LogP contribution in [0.3, 0.4) is 0 Å². The number of nitriles is 1. The third kappa shape index (κ3) is 5.10. The van der Waals surface area contributed by atoms with Crippen molar-refractivity contribution in [3.05, 3.63) is 0 Å². The molecule has 3 atom stereocenters. The van der Waals surface area contributed by atoms with Crippen molar-refractivity contribution in [2.75, 3.05) is 26.7 Å². The fraction of sp³-hybridized carbons (Fsp3) is 0.933. The minimum atomic E-state index is -0.373. The van der Waals surface area contributed by atoms with Gasteiger partial charge in [-0.2, -0.15) is 5.26 Å². The monoisotopic (exact) mass is 267 g/mol. The number of nitrogens with one attached hydrogen (secondary N) is 1. The first-order chi connectivity index (χ1) is 9.04. The Balaban J connectivity index is 2.29. The van der Waals surface area contributed by atoms with Crippen LogP contribution in [0.4, 0.5) is 0 Å². The standard InChI is InChI=1S/C15H29N3O/c1-5-14-11-19-13(2)10-18(14)9-7-6-8-15(3,12-16)17-4/h13-14,17H,5-11H2,1-4H3. The maximum Gasteiger partial charge on any atom is 0.103 e. The average molecular weight is 267 g/mol. The molecule has 1 N–H and O–H groups in total. The van der Waals surface area contributed by atoms with Gasteiger partial charge in [-0.05, 0) is 53.1 Å². The summed E-state index contributed by atoms with van der Waals surface area (Å²) in [5.74, 6) is 0. The molecule has 0 aromatic heterocycles. The summed E-state index contributed by atoms with van der Waals surface area (Å²) in [7, 11) is 1.86. The fourth-order valence-electron chi connectivity index (χ4n) is 2.59. The molecule has 1 heterocycles. The van der Waals surface area contributed by atoms with Crippen molar-refractivity contribution >= 4 is 0 Å². The summed E-state index contributed by atoms with van der Waals surface area (Å²) in [6.07, 6.45) is 4.66. The van der Waals surface area contributed by atoms with Crippen molar-refractivity contribution in [2.24, 2.45) is 0 Å². The lowest BCUT2D eigenvalue weighted by Gasteiger charge is -2.38. The van der Waals surface area contributed by atoms with Crippen LogP contribution in [0.25, 0.3) is 0 Å². The zero-order valence-electron chi connectivity index (χ0n) is 12.9. The van der Waals surface area contributed by atoms with E-state index in [1.54, 1.807) is 0 Å². The maximum absolute atomic E-state index is 9.11. The van der Waals surface area contributed by atoms with Gasteiger partial charge in [0.1, 0.15) is 5.54 Å². The zero-order chi connectivity index (χ0) is 14.3. The second kappa shape index (κ2) is 7.84. The van der Waals surface area contributed by atoms with Crippen molar-refractivity contribution in [3.63, 3.8) is 0 Å². The van der Waals surface area contributed by atoms with Gasteiger partial charge in [-0.3, -0.25) is 4.90 Å². The van der Waals surface area contributed by atoms with E-state index in [4.69, 9.17) is 10.00 Å². The summed E-state index contributed by atoms with van der Waals surface area (Å²) in [4.78, 5) is 2.55. The van der Waals surface area contributed by atoms with Crippen LogP contribution in [0.1, 0.15) is 46.5 Å². The second-order valence-corrected chi connectivity index (χ2v) is 5.85. The molecule has 1 fully saturated rings. The van der Waals surface area contributed by atoms with Crippen LogP contribution in [0.2, 0.25) is 0 Å². The Bertz CT molecular complexity index is 302. The highest BCUT2D eigenvalue weighted by atomic mass is 16.5. The van der Waals surface area contributed by atoms with Crippen molar-refractivity contribution in [2.45, 2.75) is 64.1 Å². The molecule has 19 heavy (non-hydrogen) atoms. The van der Waals surface area contributed by atoms with Gasteiger partial charge in [0.2, 0.25) is 0 Å². The molecule has 1 rings (SSSR count). The summed E-state index contributed by atoms with van der Waals surface area (Å²) in [6, 6.07) is 2.92. The molecular formula is C15H29N3O. The number of rotatable bonds is 7. The van der Waals surface area contributed by atoms with Crippen molar-refractivity contribution < 1.29 is 4.74 Å². The Kier molecular flexibility index (Phi) is 6.78. The molecule has 0 spiro atoms.